The second kappa shape index (κ2) is 7.55. The smallest absolute Gasteiger partial charge is 0.191 e. The number of hydrogen-bond donors (Lipinski definition) is 0. The first-order valence-electron chi connectivity index (χ1n) is 9.91. The molecule has 0 spiro atoms. The Hall–Kier alpha value is -3.40. The van der Waals surface area contributed by atoms with E-state index in [0.717, 1.165) is 27.9 Å². The number of carbonyl (C=O) groups excluding carboxylic acids is 1. The summed E-state index contributed by atoms with van der Waals surface area (Å²) in [6.45, 7) is 10.7. The number of hydrogen-bond acceptors (Lipinski definition) is 2. The third-order valence-corrected chi connectivity index (χ3v) is 5.28. The van der Waals surface area contributed by atoms with Crippen LogP contribution in [0.5, 0.6) is 0 Å². The van der Waals surface area contributed by atoms with E-state index in [1.54, 1.807) is 6.08 Å². The average Bonchev–Trinajstić information content (AvgIpc) is 3.21. The van der Waals surface area contributed by atoms with E-state index in [1.165, 1.54) is 5.56 Å². The molecule has 4 heteroatoms. The number of ketones is 1. The molecular formula is C25H25N3O. The molecule has 0 amide bonds. The van der Waals surface area contributed by atoms with Crippen LogP contribution in [0.25, 0.3) is 22.8 Å². The van der Waals surface area contributed by atoms with Crippen molar-refractivity contribution in [2.45, 2.75) is 33.2 Å². The molecule has 0 N–H and O–H groups in total. The molecule has 0 unspecified atom stereocenters. The molecule has 2 aromatic carbocycles. The molecule has 29 heavy (non-hydrogen) atoms. The number of aromatic nitrogens is 3. The summed E-state index contributed by atoms with van der Waals surface area (Å²) in [5.41, 5.74) is 6.50. The Kier molecular flexibility index (Phi) is 4.93. The topological polar surface area (TPSA) is 39.3 Å². The van der Waals surface area contributed by atoms with Crippen LogP contribution in [0.15, 0.2) is 67.3 Å². The number of rotatable bonds is 6. The van der Waals surface area contributed by atoms with Gasteiger partial charge in [-0.05, 0) is 42.2 Å². The van der Waals surface area contributed by atoms with Crippen LogP contribution in [0.3, 0.4) is 0 Å². The highest BCUT2D eigenvalue weighted by Crippen LogP contribution is 2.26. The van der Waals surface area contributed by atoms with Crippen LogP contribution in [0.2, 0.25) is 0 Å². The van der Waals surface area contributed by atoms with Crippen molar-refractivity contribution in [1.29, 1.82) is 0 Å². The van der Waals surface area contributed by atoms with Gasteiger partial charge in [-0.15, -0.1) is 6.58 Å². The molecule has 4 rings (SSSR count). The fraction of sp³-hybridized carbons (Fsp3) is 0.200. The van der Waals surface area contributed by atoms with E-state index >= 15 is 0 Å². The Labute approximate surface area is 170 Å². The van der Waals surface area contributed by atoms with Gasteiger partial charge in [0, 0.05) is 6.54 Å². The van der Waals surface area contributed by atoms with Crippen molar-refractivity contribution in [3.8, 4) is 0 Å². The predicted octanol–water partition coefficient (Wildman–Crippen LogP) is 5.80. The zero-order valence-corrected chi connectivity index (χ0v) is 17.1. The number of nitrogens with zero attached hydrogens (tertiary/aromatic N) is 3. The highest BCUT2D eigenvalue weighted by atomic mass is 16.1. The summed E-state index contributed by atoms with van der Waals surface area (Å²) in [4.78, 5) is 13.1. The van der Waals surface area contributed by atoms with Crippen LogP contribution >= 0.6 is 0 Å². The van der Waals surface area contributed by atoms with Crippen molar-refractivity contribution < 1.29 is 4.79 Å². The maximum absolute atomic E-state index is 13.1. The van der Waals surface area contributed by atoms with Crippen LogP contribution < -0.4 is 0 Å². The molecule has 4 aromatic rings. The lowest BCUT2D eigenvalue weighted by Gasteiger charge is -2.05. The van der Waals surface area contributed by atoms with Gasteiger partial charge in [0.15, 0.2) is 5.78 Å². The summed E-state index contributed by atoms with van der Waals surface area (Å²) in [5, 5.41) is 4.66. The molecule has 0 fully saturated rings. The molecule has 0 aliphatic carbocycles. The molecule has 0 saturated carbocycles. The van der Waals surface area contributed by atoms with Crippen molar-refractivity contribution in [3.63, 3.8) is 0 Å². The van der Waals surface area contributed by atoms with Crippen LogP contribution in [0.1, 0.15) is 46.9 Å². The number of fused-ring (bicyclic) bond motifs is 3. The van der Waals surface area contributed by atoms with Crippen molar-refractivity contribution in [2.75, 3.05) is 0 Å². The molecule has 2 aromatic heterocycles. The molecule has 2 heterocycles. The monoisotopic (exact) mass is 383 g/mol. The molecule has 0 aliphatic heterocycles. The third kappa shape index (κ3) is 3.31. The summed E-state index contributed by atoms with van der Waals surface area (Å²) in [7, 11) is 0. The van der Waals surface area contributed by atoms with Crippen molar-refractivity contribution in [2.24, 2.45) is 0 Å². The zero-order chi connectivity index (χ0) is 20.5. The average molecular weight is 383 g/mol. The molecule has 0 bridgehead atoms. The van der Waals surface area contributed by atoms with Gasteiger partial charge < -0.3 is 4.57 Å². The summed E-state index contributed by atoms with van der Waals surface area (Å²) in [5.74, 6) is 0.448. The van der Waals surface area contributed by atoms with Crippen LogP contribution in [0.4, 0.5) is 0 Å². The van der Waals surface area contributed by atoms with E-state index in [0.29, 0.717) is 18.0 Å². The van der Waals surface area contributed by atoms with E-state index in [-0.39, 0.29) is 5.78 Å². The Balaban J connectivity index is 1.77. The third-order valence-electron chi connectivity index (χ3n) is 5.28. The summed E-state index contributed by atoms with van der Waals surface area (Å²) in [6, 6.07) is 16.4. The van der Waals surface area contributed by atoms with Gasteiger partial charge in [-0.2, -0.15) is 5.10 Å². The van der Waals surface area contributed by atoms with Crippen LogP contribution in [-0.2, 0) is 6.54 Å². The predicted molar refractivity (Wildman–Crippen MR) is 120 cm³/mol. The Morgan fingerprint density at radius 3 is 2.45 bits per heavy atom. The van der Waals surface area contributed by atoms with Gasteiger partial charge in [0.05, 0.1) is 22.3 Å². The highest BCUT2D eigenvalue weighted by Gasteiger charge is 2.21. The lowest BCUT2D eigenvalue weighted by Crippen LogP contribution is -2.02. The lowest BCUT2D eigenvalue weighted by atomic mass is 10.0. The fourth-order valence-electron chi connectivity index (χ4n) is 3.77. The number of imidazole rings is 1. The maximum Gasteiger partial charge on any atom is 0.191 e. The lowest BCUT2D eigenvalue weighted by molar-refractivity contribution is 0.104. The van der Waals surface area contributed by atoms with Gasteiger partial charge >= 0.3 is 0 Å². The van der Waals surface area contributed by atoms with E-state index < -0.39 is 0 Å². The van der Waals surface area contributed by atoms with Gasteiger partial charge in [0.1, 0.15) is 5.65 Å². The number of para-hydroxylation sites is 2. The number of allylic oxidation sites excluding steroid dienone is 2. The van der Waals surface area contributed by atoms with Gasteiger partial charge in [-0.1, -0.05) is 62.4 Å². The summed E-state index contributed by atoms with van der Waals surface area (Å²) < 4.78 is 3.97. The Bertz CT molecular complexity index is 1240. The largest absolute Gasteiger partial charge is 0.320 e. The quantitative estimate of drug-likeness (QED) is 0.240. The SMILES string of the molecule is C=CCn1c2ccccc2n2nc(C)c(C(=O)/C=C/c3ccc(C(C)C)cc3)c12. The minimum atomic E-state index is -0.0430. The van der Waals surface area contributed by atoms with E-state index in [9.17, 15) is 4.79 Å². The minimum Gasteiger partial charge on any atom is -0.320 e. The first-order chi connectivity index (χ1) is 14.0. The van der Waals surface area contributed by atoms with Crippen molar-refractivity contribution in [3.05, 3.63) is 89.6 Å². The zero-order valence-electron chi connectivity index (χ0n) is 17.1. The second-order valence-electron chi connectivity index (χ2n) is 7.60. The molecule has 0 saturated heterocycles. The molecule has 4 nitrogen and oxygen atoms in total. The molecule has 0 aliphatic rings. The molecular weight excluding hydrogens is 358 g/mol. The number of carbonyl (C=O) groups is 1. The molecule has 146 valence electrons. The normalized spacial score (nSPS) is 11.9. The minimum absolute atomic E-state index is 0.0430. The van der Waals surface area contributed by atoms with E-state index in [4.69, 9.17) is 0 Å². The Morgan fingerprint density at radius 1 is 1.10 bits per heavy atom. The Morgan fingerprint density at radius 2 is 1.79 bits per heavy atom. The first-order valence-corrected chi connectivity index (χ1v) is 9.91. The van der Waals surface area contributed by atoms with Crippen molar-refractivity contribution in [1.82, 2.24) is 14.2 Å². The van der Waals surface area contributed by atoms with E-state index in [2.05, 4.69) is 42.2 Å². The van der Waals surface area contributed by atoms with Crippen molar-refractivity contribution >= 4 is 28.5 Å². The van der Waals surface area contributed by atoms with Crippen LogP contribution in [-0.4, -0.2) is 20.0 Å². The summed E-state index contributed by atoms with van der Waals surface area (Å²) in [6.07, 6.45) is 5.36. The van der Waals surface area contributed by atoms with Gasteiger partial charge in [-0.3, -0.25) is 4.79 Å². The molecule has 0 atom stereocenters. The summed E-state index contributed by atoms with van der Waals surface area (Å²) >= 11 is 0. The second-order valence-corrected chi connectivity index (χ2v) is 7.60. The van der Waals surface area contributed by atoms with E-state index in [1.807, 2.05) is 60.0 Å². The number of benzene rings is 2. The maximum atomic E-state index is 13.1. The van der Waals surface area contributed by atoms with Crippen LogP contribution in [0, 0.1) is 6.92 Å². The number of aryl methyl sites for hydroxylation is 1. The molecule has 0 radical (unpaired) electrons. The van der Waals surface area contributed by atoms with Gasteiger partial charge in [-0.25, -0.2) is 4.52 Å². The van der Waals surface area contributed by atoms with Gasteiger partial charge in [0.2, 0.25) is 0 Å². The first kappa shape index (κ1) is 18.9. The highest BCUT2D eigenvalue weighted by molar-refractivity contribution is 6.12. The van der Waals surface area contributed by atoms with Gasteiger partial charge in [0.25, 0.3) is 0 Å². The fourth-order valence-corrected chi connectivity index (χ4v) is 3.77. The standard InChI is InChI=1S/C25H25N3O/c1-5-16-27-21-8-6-7-9-22(21)28-25(27)24(18(4)26-28)23(29)15-12-19-10-13-20(14-11-19)17(2)3/h5-15,17H,1,16H2,2-4H3/b15-12+.